The Hall–Kier alpha value is -12.7. The fraction of sp³-hybridized carbons (Fsp3) is 0.360. The molecule has 0 atom stereocenters. The maximum Gasteiger partial charge on any atom is 0.219 e. The summed E-state index contributed by atoms with van der Waals surface area (Å²) in [5.74, 6) is 13.9. The molecule has 716 valence electrons. The Morgan fingerprint density at radius 1 is 0.314 bits per heavy atom. The number of aromatic nitrogens is 4. The van der Waals surface area contributed by atoms with Crippen molar-refractivity contribution in [3.05, 3.63) is 394 Å². The summed E-state index contributed by atoms with van der Waals surface area (Å²) in [6.07, 6.45) is 28.7. The van der Waals surface area contributed by atoms with E-state index < -0.39 is 0 Å². The van der Waals surface area contributed by atoms with Crippen molar-refractivity contribution in [1.29, 1.82) is 0 Å². The number of rotatable bonds is 23. The SMILES string of the molecule is CCC(C)(C)c1ccc(Oc2ccc(C)cc2)cc1.CCC(C)(C)c1ccc(Oc2ccc(C)cn2)cc1.CCCCc1ccc(Oc2ccc(C)cn2)cc1.Cc1ccc(Oc2ccc(C(C)(C)C)cc2)c(F)c1.Cc1ccc(Oc2ccc(C34CC5CC(CC(C5)C3)C4)cc2)nc1.Cc1ccc(Oc2ccc(C3CCCCC3)cc2)cc1.Cc1ccc(Oc2cccc(C(C)(C)C)c2)nc1. The molecule has 4 heterocycles. The third kappa shape index (κ3) is 32.2. The number of hydrogen-bond acceptors (Lipinski definition) is 11. The van der Waals surface area contributed by atoms with E-state index in [-0.39, 0.29) is 33.2 Å². The Kier molecular flexibility index (Phi) is 36.8. The standard InChI is InChI=1S/C22H25NO.C19H22O.C18H22O.C17H19FO.C17H21NO.2C16H19NO/c1-15-2-7-21(23-14-15)24-20-5-3-19(4-6-20)22-11-16-8-17(12-22)10-18(9-16)13-22;1-15-7-11-18(12-8-15)20-19-13-9-17(10-14-19)16-5-3-2-4-6-16;1-5-18(3,4)15-8-12-17(13-9-15)19-16-10-6-14(2)7-11-16;1-12-5-10-16(15(18)11-12)19-14-8-6-13(7-9-14)17(2,3)4;1-5-17(3,4)14-7-9-15(10-8-14)19-16-11-6-13(2)12-18-16;1-12-8-9-15(17-11-12)18-14-7-5-6-13(10-14)16(2,3)4;1-3-4-5-14-7-9-15(10-8-14)18-16-11-6-13(2)12-17-16/h2-7,14,16-18H,8-13H2,1H3;7-14,16H,2-6H2,1H3;6-13H,5H2,1-4H3;5-11H,1-4H3;6-12H,5H2,1-4H3;5-11H,1-4H3;6-12H,3-5H2,1-2H3. The van der Waals surface area contributed by atoms with Crippen molar-refractivity contribution in [1.82, 2.24) is 19.9 Å². The molecule has 0 N–H and O–H groups in total. The van der Waals surface area contributed by atoms with Gasteiger partial charge in [0, 0.05) is 49.1 Å². The van der Waals surface area contributed by atoms with Gasteiger partial charge in [-0.1, -0.05) is 266 Å². The molecule has 12 heteroatoms. The Labute approximate surface area is 818 Å². The molecule has 5 aliphatic carbocycles. The van der Waals surface area contributed by atoms with Crippen molar-refractivity contribution in [2.75, 3.05) is 0 Å². The average molecular weight is 1840 g/mol. The van der Waals surface area contributed by atoms with E-state index in [1.54, 1.807) is 11.6 Å². The minimum Gasteiger partial charge on any atom is -0.457 e. The van der Waals surface area contributed by atoms with Crippen LogP contribution in [0.1, 0.15) is 270 Å². The van der Waals surface area contributed by atoms with Gasteiger partial charge in [-0.25, -0.2) is 24.3 Å². The summed E-state index contributed by atoms with van der Waals surface area (Å²) in [5, 5.41) is 0. The Morgan fingerprint density at radius 3 is 1.01 bits per heavy atom. The quantitative estimate of drug-likeness (QED) is 0.0609. The van der Waals surface area contributed by atoms with Crippen LogP contribution >= 0.6 is 0 Å². The van der Waals surface area contributed by atoms with Gasteiger partial charge < -0.3 is 33.2 Å². The normalized spacial score (nSPS) is 15.8. The number of ether oxygens (including phenoxy) is 7. The maximum atomic E-state index is 13.7. The van der Waals surface area contributed by atoms with Gasteiger partial charge in [0.25, 0.3) is 0 Å². The summed E-state index contributed by atoms with van der Waals surface area (Å²) in [6, 6.07) is 95.4. The largest absolute Gasteiger partial charge is 0.457 e. The number of nitrogens with zero attached hydrogens (tertiary/aromatic N) is 4. The van der Waals surface area contributed by atoms with E-state index in [4.69, 9.17) is 33.2 Å². The minimum atomic E-state index is -0.333. The Bertz CT molecular complexity index is 5830. The van der Waals surface area contributed by atoms with Crippen molar-refractivity contribution in [3.63, 3.8) is 0 Å². The predicted molar refractivity (Wildman–Crippen MR) is 563 cm³/mol. The van der Waals surface area contributed by atoms with E-state index >= 15 is 0 Å². The summed E-state index contributed by atoms with van der Waals surface area (Å²) < 4.78 is 54.0. The fourth-order valence-corrected chi connectivity index (χ4v) is 17.9. The van der Waals surface area contributed by atoms with Gasteiger partial charge in [-0.3, -0.25) is 0 Å². The molecule has 0 amide bonds. The van der Waals surface area contributed by atoms with Crippen molar-refractivity contribution in [2.45, 2.75) is 274 Å². The highest BCUT2D eigenvalue weighted by Crippen LogP contribution is 2.61. The monoisotopic (exact) mass is 1840 g/mol. The van der Waals surface area contributed by atoms with E-state index in [0.29, 0.717) is 34.7 Å². The van der Waals surface area contributed by atoms with Gasteiger partial charge in [-0.05, 0) is 364 Å². The third-order valence-corrected chi connectivity index (χ3v) is 26.9. The van der Waals surface area contributed by atoms with Crippen LogP contribution in [0.5, 0.6) is 81.0 Å². The molecule has 5 aliphatic rings. The number of halogens is 1. The lowest BCUT2D eigenvalue weighted by atomic mass is 9.48. The number of benzene rings is 10. The molecule has 5 fully saturated rings. The zero-order chi connectivity index (χ0) is 97.7. The Morgan fingerprint density at radius 2 is 0.650 bits per heavy atom. The van der Waals surface area contributed by atoms with Crippen LogP contribution in [0.15, 0.2) is 310 Å². The molecule has 0 spiro atoms. The average Bonchev–Trinajstić information content (AvgIpc) is 0.733. The lowest BCUT2D eigenvalue weighted by molar-refractivity contribution is -0.00520. The van der Waals surface area contributed by atoms with Crippen LogP contribution in [0.3, 0.4) is 0 Å². The highest BCUT2D eigenvalue weighted by Gasteiger charge is 2.51. The highest BCUT2D eigenvalue weighted by molar-refractivity contribution is 5.44. The molecule has 4 aromatic heterocycles. The second-order valence-corrected chi connectivity index (χ2v) is 41.4. The van der Waals surface area contributed by atoms with Gasteiger partial charge in [0.05, 0.1) is 0 Å². The molecular weight excluding hydrogens is 1690 g/mol. The number of aryl methyl sites for hydroxylation is 8. The van der Waals surface area contributed by atoms with Crippen LogP contribution in [0.2, 0.25) is 0 Å². The molecular formula is C125H147FN4O7. The van der Waals surface area contributed by atoms with E-state index in [0.717, 1.165) is 117 Å². The molecule has 137 heavy (non-hydrogen) atoms. The van der Waals surface area contributed by atoms with E-state index in [1.165, 1.54) is 134 Å². The van der Waals surface area contributed by atoms with Crippen LogP contribution in [0.25, 0.3) is 0 Å². The van der Waals surface area contributed by atoms with Gasteiger partial charge >= 0.3 is 0 Å². The molecule has 11 nitrogen and oxygen atoms in total. The van der Waals surface area contributed by atoms with E-state index in [9.17, 15) is 4.39 Å². The number of hydrogen-bond donors (Lipinski definition) is 0. The van der Waals surface area contributed by atoms with Crippen LogP contribution < -0.4 is 33.2 Å². The van der Waals surface area contributed by atoms with Crippen molar-refractivity contribution in [3.8, 4) is 81.0 Å². The molecule has 5 saturated carbocycles. The first kappa shape index (κ1) is 103. The first-order valence-electron chi connectivity index (χ1n) is 49.7. The van der Waals surface area contributed by atoms with Crippen LogP contribution in [0, 0.1) is 72.0 Å². The molecule has 0 aliphatic heterocycles. The first-order chi connectivity index (χ1) is 65.6. The van der Waals surface area contributed by atoms with Crippen molar-refractivity contribution < 1.29 is 37.5 Å². The van der Waals surface area contributed by atoms with Crippen molar-refractivity contribution >= 4 is 0 Å². The Balaban J connectivity index is 0.000000144. The predicted octanol–water partition coefficient (Wildman–Crippen LogP) is 36.1. The second-order valence-electron chi connectivity index (χ2n) is 41.4. The van der Waals surface area contributed by atoms with Gasteiger partial charge in [0.15, 0.2) is 11.6 Å². The highest BCUT2D eigenvalue weighted by atomic mass is 19.1. The summed E-state index contributed by atoms with van der Waals surface area (Å²) in [5.41, 5.74) is 18.6. The van der Waals surface area contributed by atoms with Gasteiger partial charge in [-0.2, -0.15) is 0 Å². The second kappa shape index (κ2) is 48.9. The molecule has 14 aromatic rings. The smallest absolute Gasteiger partial charge is 0.219 e. The summed E-state index contributed by atoms with van der Waals surface area (Å²) >= 11 is 0. The van der Waals surface area contributed by atoms with Crippen LogP contribution in [-0.2, 0) is 33.5 Å². The molecule has 0 unspecified atom stereocenters. The summed E-state index contributed by atoms with van der Waals surface area (Å²) in [7, 11) is 0. The number of unbranched alkanes of at least 4 members (excludes halogenated alkanes) is 1. The van der Waals surface area contributed by atoms with Gasteiger partial charge in [-0.15, -0.1) is 0 Å². The zero-order valence-corrected chi connectivity index (χ0v) is 85.1. The third-order valence-electron chi connectivity index (χ3n) is 26.9. The van der Waals surface area contributed by atoms with E-state index in [1.807, 2.05) is 211 Å². The van der Waals surface area contributed by atoms with Crippen LogP contribution in [-0.4, -0.2) is 19.9 Å². The maximum absolute atomic E-state index is 13.7. The number of pyridine rings is 4. The van der Waals surface area contributed by atoms with Gasteiger partial charge in [0.1, 0.15) is 51.7 Å². The van der Waals surface area contributed by atoms with Crippen LogP contribution in [0.4, 0.5) is 4.39 Å². The molecule has 0 radical (unpaired) electrons. The molecule has 10 aromatic carbocycles. The first-order valence-corrected chi connectivity index (χ1v) is 49.7. The minimum absolute atomic E-state index is 0.105. The molecule has 4 bridgehead atoms. The molecule has 19 rings (SSSR count). The fourth-order valence-electron chi connectivity index (χ4n) is 17.9. The lowest BCUT2D eigenvalue weighted by Gasteiger charge is -2.57. The summed E-state index contributed by atoms with van der Waals surface area (Å²) in [6.45, 7) is 42.8. The topological polar surface area (TPSA) is 116 Å². The van der Waals surface area contributed by atoms with Crippen molar-refractivity contribution in [2.24, 2.45) is 17.8 Å². The van der Waals surface area contributed by atoms with Gasteiger partial charge in [0.2, 0.25) is 23.5 Å². The van der Waals surface area contributed by atoms with E-state index in [2.05, 4.69) is 245 Å². The molecule has 0 saturated heterocycles. The summed E-state index contributed by atoms with van der Waals surface area (Å²) in [4.78, 5) is 17.0. The zero-order valence-electron chi connectivity index (χ0n) is 85.1. The lowest BCUT2D eigenvalue weighted by Crippen LogP contribution is -2.48.